The third kappa shape index (κ3) is 3.07. The second-order valence-corrected chi connectivity index (χ2v) is 6.15. The lowest BCUT2D eigenvalue weighted by Gasteiger charge is -2.26. The van der Waals surface area contributed by atoms with Gasteiger partial charge in [0.2, 0.25) is 0 Å². The van der Waals surface area contributed by atoms with Crippen LogP contribution >= 0.6 is 11.3 Å². The Labute approximate surface area is 123 Å². The Kier molecular flexibility index (Phi) is 4.88. The highest BCUT2D eigenvalue weighted by Gasteiger charge is 2.24. The van der Waals surface area contributed by atoms with Gasteiger partial charge in [0, 0.05) is 12.5 Å². The number of carbonyl (C=O) groups is 1. The second kappa shape index (κ2) is 6.45. The van der Waals surface area contributed by atoms with E-state index in [-0.39, 0.29) is 11.9 Å². The molecule has 0 atom stereocenters. The van der Waals surface area contributed by atoms with Crippen molar-refractivity contribution in [2.24, 2.45) is 0 Å². The first-order valence-electron chi connectivity index (χ1n) is 7.00. The van der Waals surface area contributed by atoms with E-state index in [0.29, 0.717) is 28.8 Å². The number of hydrogen-bond acceptors (Lipinski definition) is 6. The van der Waals surface area contributed by atoms with Crippen molar-refractivity contribution in [3.8, 4) is 5.75 Å². The zero-order valence-electron chi connectivity index (χ0n) is 11.9. The van der Waals surface area contributed by atoms with Gasteiger partial charge in [-0.25, -0.2) is 0 Å². The highest BCUT2D eigenvalue weighted by molar-refractivity contribution is 7.19. The number of aliphatic hydroxyl groups is 1. The highest BCUT2D eigenvalue weighted by Crippen LogP contribution is 2.44. The molecule has 20 heavy (non-hydrogen) atoms. The van der Waals surface area contributed by atoms with Crippen LogP contribution in [0.25, 0.3) is 0 Å². The quantitative estimate of drug-likeness (QED) is 0.728. The van der Waals surface area contributed by atoms with E-state index < -0.39 is 0 Å². The van der Waals surface area contributed by atoms with Crippen LogP contribution in [0.1, 0.15) is 48.7 Å². The van der Waals surface area contributed by atoms with Crippen LogP contribution < -0.4 is 15.8 Å². The predicted molar refractivity (Wildman–Crippen MR) is 81.8 cm³/mol. The Bertz CT molecular complexity index is 479. The fraction of sp³-hybridized carbons (Fsp3) is 0.643. The Balaban J connectivity index is 2.16. The summed E-state index contributed by atoms with van der Waals surface area (Å²) in [5.74, 6) is 0.607. The Morgan fingerprint density at radius 2 is 2.10 bits per heavy atom. The summed E-state index contributed by atoms with van der Waals surface area (Å²) in [7, 11) is 1.56. The summed E-state index contributed by atoms with van der Waals surface area (Å²) in [6, 6.07) is 0.301. The predicted octanol–water partition coefficient (Wildman–Crippen LogP) is 2.65. The Morgan fingerprint density at radius 3 is 2.65 bits per heavy atom. The van der Waals surface area contributed by atoms with Crippen LogP contribution in [0.2, 0.25) is 0 Å². The number of hydrogen-bond donors (Lipinski definition) is 3. The van der Waals surface area contributed by atoms with E-state index in [4.69, 9.17) is 10.5 Å². The molecule has 4 N–H and O–H groups in total. The number of carbonyl (C=O) groups excluding carboxylic acids is 1. The molecule has 0 amide bonds. The number of thiophene rings is 1. The smallest absolute Gasteiger partial charge is 0.176 e. The van der Waals surface area contributed by atoms with Crippen LogP contribution in [-0.2, 0) is 0 Å². The molecule has 5 nitrogen and oxygen atoms in total. The van der Waals surface area contributed by atoms with Crippen molar-refractivity contribution in [2.75, 3.05) is 18.2 Å². The van der Waals surface area contributed by atoms with Crippen molar-refractivity contribution in [1.82, 2.24) is 0 Å². The van der Waals surface area contributed by atoms with Gasteiger partial charge in [0.05, 0.1) is 23.8 Å². The molecule has 1 aromatic heterocycles. The summed E-state index contributed by atoms with van der Waals surface area (Å²) >= 11 is 1.36. The van der Waals surface area contributed by atoms with Gasteiger partial charge >= 0.3 is 0 Å². The van der Waals surface area contributed by atoms with Gasteiger partial charge in [0.1, 0.15) is 5.00 Å². The maximum atomic E-state index is 11.9. The number of aliphatic hydroxyl groups excluding tert-OH is 1. The second-order valence-electron chi connectivity index (χ2n) is 5.13. The number of anilines is 2. The van der Waals surface area contributed by atoms with Crippen LogP contribution in [-0.4, -0.2) is 30.1 Å². The topological polar surface area (TPSA) is 84.6 Å². The minimum atomic E-state index is -0.180. The minimum Gasteiger partial charge on any atom is -0.492 e. The van der Waals surface area contributed by atoms with Crippen molar-refractivity contribution in [3.05, 3.63) is 4.88 Å². The summed E-state index contributed by atoms with van der Waals surface area (Å²) in [6.45, 7) is 1.82. The number of methoxy groups -OCH3 is 1. The van der Waals surface area contributed by atoms with E-state index in [1.54, 1.807) is 7.11 Å². The fourth-order valence-corrected chi connectivity index (χ4v) is 3.68. The number of nitrogen functional groups attached to an aromatic ring is 1. The van der Waals surface area contributed by atoms with E-state index in [1.807, 2.05) is 6.92 Å². The first-order chi connectivity index (χ1) is 9.56. The average Bonchev–Trinajstić information content (AvgIpc) is 2.76. The number of nitrogens with one attached hydrogen (secondary N) is 1. The van der Waals surface area contributed by atoms with Crippen molar-refractivity contribution < 1.29 is 14.6 Å². The maximum absolute atomic E-state index is 11.9. The molecule has 0 aliphatic heterocycles. The van der Waals surface area contributed by atoms with E-state index in [1.165, 1.54) is 11.3 Å². The monoisotopic (exact) mass is 298 g/mol. The van der Waals surface area contributed by atoms with Crippen molar-refractivity contribution in [3.63, 3.8) is 0 Å². The highest BCUT2D eigenvalue weighted by atomic mass is 32.1. The van der Waals surface area contributed by atoms with Gasteiger partial charge in [-0.3, -0.25) is 4.79 Å². The summed E-state index contributed by atoms with van der Waals surface area (Å²) in [4.78, 5) is 12.4. The Hall–Kier alpha value is -1.27. The molecular formula is C14H22N2O3S. The van der Waals surface area contributed by atoms with Gasteiger partial charge in [-0.05, 0) is 25.7 Å². The molecule has 0 aromatic carbocycles. The lowest BCUT2D eigenvalue weighted by molar-refractivity contribution is 0.0992. The van der Waals surface area contributed by atoms with E-state index in [2.05, 4.69) is 5.32 Å². The maximum Gasteiger partial charge on any atom is 0.176 e. The first-order valence-corrected chi connectivity index (χ1v) is 7.82. The molecule has 1 aromatic rings. The van der Waals surface area contributed by atoms with E-state index in [9.17, 15) is 9.90 Å². The van der Waals surface area contributed by atoms with Gasteiger partial charge in [0.15, 0.2) is 11.5 Å². The molecule has 0 unspecified atom stereocenters. The first kappa shape index (κ1) is 15.1. The molecule has 1 fully saturated rings. The molecule has 1 aliphatic carbocycles. The van der Waals surface area contributed by atoms with Crippen molar-refractivity contribution in [1.29, 1.82) is 0 Å². The van der Waals surface area contributed by atoms with Gasteiger partial charge in [-0.15, -0.1) is 11.3 Å². The minimum absolute atomic E-state index is 0.0397. The Morgan fingerprint density at radius 1 is 1.45 bits per heavy atom. The van der Waals surface area contributed by atoms with Gasteiger partial charge in [-0.1, -0.05) is 6.92 Å². The third-order valence-electron chi connectivity index (χ3n) is 3.71. The lowest BCUT2D eigenvalue weighted by Crippen LogP contribution is -2.27. The normalized spacial score (nSPS) is 22.6. The summed E-state index contributed by atoms with van der Waals surface area (Å²) in [5.41, 5.74) is 6.44. The SMILES string of the molecule is CCC(=O)c1sc(NC2CCC(O)CC2)c(OC)c1N. The van der Waals surface area contributed by atoms with Crippen LogP contribution in [0.4, 0.5) is 10.7 Å². The number of ether oxygens (including phenoxy) is 1. The zero-order valence-corrected chi connectivity index (χ0v) is 12.8. The van der Waals surface area contributed by atoms with Gasteiger partial charge in [-0.2, -0.15) is 0 Å². The molecule has 0 saturated heterocycles. The standard InChI is InChI=1S/C14H22N2O3S/c1-3-10(18)13-11(15)12(19-2)14(20-13)16-8-4-6-9(17)7-5-8/h8-9,16-17H,3-7,15H2,1-2H3. The molecule has 1 aliphatic rings. The van der Waals surface area contributed by atoms with Gasteiger partial charge < -0.3 is 20.9 Å². The van der Waals surface area contributed by atoms with Gasteiger partial charge in [0.25, 0.3) is 0 Å². The van der Waals surface area contributed by atoms with Crippen LogP contribution in [0.3, 0.4) is 0 Å². The number of rotatable bonds is 5. The molecule has 1 heterocycles. The van der Waals surface area contributed by atoms with E-state index >= 15 is 0 Å². The average molecular weight is 298 g/mol. The number of nitrogens with two attached hydrogens (primary N) is 1. The number of Topliss-reactive ketones (excluding diaryl/α,β-unsaturated/α-hetero) is 1. The summed E-state index contributed by atoms with van der Waals surface area (Å²) in [6.07, 6.45) is 3.70. The largest absolute Gasteiger partial charge is 0.492 e. The molecule has 112 valence electrons. The molecule has 1 saturated carbocycles. The summed E-state index contributed by atoms with van der Waals surface area (Å²) in [5, 5.41) is 13.8. The van der Waals surface area contributed by atoms with Crippen LogP contribution in [0, 0.1) is 0 Å². The third-order valence-corrected chi connectivity index (χ3v) is 4.87. The molecule has 0 radical (unpaired) electrons. The van der Waals surface area contributed by atoms with Crippen LogP contribution in [0.15, 0.2) is 0 Å². The molecule has 0 bridgehead atoms. The fourth-order valence-electron chi connectivity index (χ4n) is 2.50. The van der Waals surface area contributed by atoms with Crippen LogP contribution in [0.5, 0.6) is 5.75 Å². The van der Waals surface area contributed by atoms with Crippen molar-refractivity contribution in [2.45, 2.75) is 51.2 Å². The molecular weight excluding hydrogens is 276 g/mol. The zero-order chi connectivity index (χ0) is 14.7. The van der Waals surface area contributed by atoms with Crippen molar-refractivity contribution >= 4 is 27.8 Å². The molecule has 2 rings (SSSR count). The van der Waals surface area contributed by atoms with E-state index in [0.717, 1.165) is 30.7 Å². The summed E-state index contributed by atoms with van der Waals surface area (Å²) < 4.78 is 5.34. The lowest BCUT2D eigenvalue weighted by atomic mass is 9.93. The number of ketones is 1. The molecule has 6 heteroatoms. The molecule has 0 spiro atoms.